The molecule has 1 fully saturated rings. The molecule has 0 bridgehead atoms. The Morgan fingerprint density at radius 1 is 1.56 bits per heavy atom. The molecular formula is C12H22N4. The van der Waals surface area contributed by atoms with Gasteiger partial charge in [0.1, 0.15) is 0 Å². The Kier molecular flexibility index (Phi) is 3.96. The highest BCUT2D eigenvalue weighted by Crippen LogP contribution is 2.26. The van der Waals surface area contributed by atoms with Gasteiger partial charge in [-0.3, -0.25) is 4.68 Å². The molecule has 90 valence electrons. The summed E-state index contributed by atoms with van der Waals surface area (Å²) in [5.41, 5.74) is 6.91. The molecule has 0 amide bonds. The zero-order chi connectivity index (χ0) is 11.4. The van der Waals surface area contributed by atoms with Crippen molar-refractivity contribution in [3.8, 4) is 0 Å². The van der Waals surface area contributed by atoms with Gasteiger partial charge in [0.15, 0.2) is 0 Å². The summed E-state index contributed by atoms with van der Waals surface area (Å²) in [6.07, 6.45) is 7.78. The van der Waals surface area contributed by atoms with Crippen molar-refractivity contribution in [2.75, 3.05) is 13.1 Å². The van der Waals surface area contributed by atoms with Gasteiger partial charge >= 0.3 is 0 Å². The van der Waals surface area contributed by atoms with Crippen molar-refractivity contribution < 1.29 is 0 Å². The summed E-state index contributed by atoms with van der Waals surface area (Å²) in [7, 11) is 0. The Morgan fingerprint density at radius 2 is 2.44 bits per heavy atom. The maximum absolute atomic E-state index is 5.59. The molecule has 0 saturated carbocycles. The summed E-state index contributed by atoms with van der Waals surface area (Å²) in [6, 6.07) is 0.495. The Balaban J connectivity index is 1.88. The molecule has 4 heteroatoms. The molecule has 2 heterocycles. The number of aromatic nitrogens is 2. The number of nitrogens with one attached hydrogen (secondary N) is 1. The van der Waals surface area contributed by atoms with E-state index in [0.717, 1.165) is 32.0 Å². The molecule has 1 aliphatic rings. The van der Waals surface area contributed by atoms with E-state index in [1.165, 1.54) is 18.4 Å². The molecule has 0 aromatic carbocycles. The standard InChI is InChI=1S/C12H22N4/c1-2-16-9-11(8-15-16)12-4-3-10(5-6-13)7-14-12/h8-10,12,14H,2-7,13H2,1H3. The monoisotopic (exact) mass is 222 g/mol. The van der Waals surface area contributed by atoms with E-state index in [1.54, 1.807) is 0 Å². The second-order valence-corrected chi connectivity index (χ2v) is 4.61. The zero-order valence-electron chi connectivity index (χ0n) is 10.0. The third-order valence-corrected chi connectivity index (χ3v) is 3.47. The molecular weight excluding hydrogens is 200 g/mol. The third kappa shape index (κ3) is 2.62. The van der Waals surface area contributed by atoms with Gasteiger partial charge in [0.25, 0.3) is 0 Å². The third-order valence-electron chi connectivity index (χ3n) is 3.47. The number of hydrogen-bond acceptors (Lipinski definition) is 3. The Hall–Kier alpha value is -0.870. The van der Waals surface area contributed by atoms with Crippen molar-refractivity contribution in [2.24, 2.45) is 11.7 Å². The van der Waals surface area contributed by atoms with Crippen LogP contribution in [-0.4, -0.2) is 22.9 Å². The van der Waals surface area contributed by atoms with Gasteiger partial charge in [-0.15, -0.1) is 0 Å². The number of hydrogen-bond donors (Lipinski definition) is 2. The molecule has 2 unspecified atom stereocenters. The van der Waals surface area contributed by atoms with Gasteiger partial charge in [-0.05, 0) is 45.2 Å². The molecule has 1 aromatic heterocycles. The first kappa shape index (κ1) is 11.6. The van der Waals surface area contributed by atoms with Gasteiger partial charge in [-0.2, -0.15) is 5.10 Å². The Bertz CT molecular complexity index is 313. The van der Waals surface area contributed by atoms with Gasteiger partial charge < -0.3 is 11.1 Å². The predicted octanol–water partition coefficient (Wildman–Crippen LogP) is 1.29. The largest absolute Gasteiger partial charge is 0.330 e. The number of nitrogens with zero attached hydrogens (tertiary/aromatic N) is 2. The van der Waals surface area contributed by atoms with E-state index < -0.39 is 0 Å². The molecule has 0 aliphatic carbocycles. The molecule has 1 saturated heterocycles. The van der Waals surface area contributed by atoms with Crippen molar-refractivity contribution in [3.05, 3.63) is 18.0 Å². The average Bonchev–Trinajstić information content (AvgIpc) is 2.79. The van der Waals surface area contributed by atoms with Crippen LogP contribution in [0.25, 0.3) is 0 Å². The highest BCUT2D eigenvalue weighted by molar-refractivity contribution is 5.11. The van der Waals surface area contributed by atoms with Crippen molar-refractivity contribution in [1.29, 1.82) is 0 Å². The van der Waals surface area contributed by atoms with Crippen LogP contribution in [0.2, 0.25) is 0 Å². The number of rotatable bonds is 4. The molecule has 16 heavy (non-hydrogen) atoms. The van der Waals surface area contributed by atoms with E-state index in [4.69, 9.17) is 5.73 Å². The molecule has 0 radical (unpaired) electrons. The number of nitrogens with two attached hydrogens (primary N) is 1. The van der Waals surface area contributed by atoms with E-state index in [-0.39, 0.29) is 0 Å². The second kappa shape index (κ2) is 5.46. The van der Waals surface area contributed by atoms with Gasteiger partial charge in [0.2, 0.25) is 0 Å². The fourth-order valence-corrected chi connectivity index (χ4v) is 2.41. The smallest absolute Gasteiger partial charge is 0.0537 e. The molecule has 4 nitrogen and oxygen atoms in total. The summed E-state index contributed by atoms with van der Waals surface area (Å²) >= 11 is 0. The molecule has 3 N–H and O–H groups in total. The summed E-state index contributed by atoms with van der Waals surface area (Å²) in [5, 5.41) is 7.92. The van der Waals surface area contributed by atoms with Gasteiger partial charge in [0, 0.05) is 24.3 Å². The molecule has 2 atom stereocenters. The Morgan fingerprint density at radius 3 is 3.00 bits per heavy atom. The molecule has 1 aliphatic heterocycles. The fraction of sp³-hybridized carbons (Fsp3) is 0.750. The first-order chi connectivity index (χ1) is 7.83. The van der Waals surface area contributed by atoms with Crippen molar-refractivity contribution in [2.45, 2.75) is 38.8 Å². The van der Waals surface area contributed by atoms with Crippen LogP contribution in [0.15, 0.2) is 12.4 Å². The second-order valence-electron chi connectivity index (χ2n) is 4.61. The van der Waals surface area contributed by atoms with Crippen LogP contribution in [0.1, 0.15) is 37.8 Å². The molecule has 0 spiro atoms. The van der Waals surface area contributed by atoms with E-state index >= 15 is 0 Å². The van der Waals surface area contributed by atoms with Crippen LogP contribution in [0, 0.1) is 5.92 Å². The quantitative estimate of drug-likeness (QED) is 0.807. The van der Waals surface area contributed by atoms with Crippen molar-refractivity contribution in [3.63, 3.8) is 0 Å². The number of piperidine rings is 1. The van der Waals surface area contributed by atoms with Crippen LogP contribution < -0.4 is 11.1 Å². The summed E-state index contributed by atoms with van der Waals surface area (Å²) in [6.45, 7) is 4.97. The summed E-state index contributed by atoms with van der Waals surface area (Å²) in [4.78, 5) is 0. The minimum Gasteiger partial charge on any atom is -0.330 e. The zero-order valence-corrected chi connectivity index (χ0v) is 10.0. The predicted molar refractivity (Wildman–Crippen MR) is 65.0 cm³/mol. The van der Waals surface area contributed by atoms with E-state index in [2.05, 4.69) is 23.5 Å². The highest BCUT2D eigenvalue weighted by Gasteiger charge is 2.21. The van der Waals surface area contributed by atoms with Crippen molar-refractivity contribution in [1.82, 2.24) is 15.1 Å². The van der Waals surface area contributed by atoms with Crippen molar-refractivity contribution >= 4 is 0 Å². The normalized spacial score (nSPS) is 25.9. The van der Waals surface area contributed by atoms with Gasteiger partial charge in [0.05, 0.1) is 6.20 Å². The van der Waals surface area contributed by atoms with Crippen LogP contribution in [0.5, 0.6) is 0 Å². The lowest BCUT2D eigenvalue weighted by atomic mass is 9.90. The van der Waals surface area contributed by atoms with Crippen LogP contribution in [0.3, 0.4) is 0 Å². The van der Waals surface area contributed by atoms with E-state index in [0.29, 0.717) is 6.04 Å². The minimum absolute atomic E-state index is 0.495. The fourth-order valence-electron chi connectivity index (χ4n) is 2.41. The average molecular weight is 222 g/mol. The van der Waals surface area contributed by atoms with Crippen LogP contribution in [0.4, 0.5) is 0 Å². The topological polar surface area (TPSA) is 55.9 Å². The molecule has 1 aromatic rings. The number of aryl methyl sites for hydroxylation is 1. The van der Waals surface area contributed by atoms with Gasteiger partial charge in [-0.25, -0.2) is 0 Å². The van der Waals surface area contributed by atoms with Gasteiger partial charge in [-0.1, -0.05) is 0 Å². The molecule has 2 rings (SSSR count). The van der Waals surface area contributed by atoms with Crippen LogP contribution in [-0.2, 0) is 6.54 Å². The summed E-state index contributed by atoms with van der Waals surface area (Å²) in [5.74, 6) is 0.766. The first-order valence-corrected chi connectivity index (χ1v) is 6.29. The lowest BCUT2D eigenvalue weighted by Crippen LogP contribution is -2.33. The van der Waals surface area contributed by atoms with Crippen LogP contribution >= 0.6 is 0 Å². The summed E-state index contributed by atoms with van der Waals surface area (Å²) < 4.78 is 1.99. The minimum atomic E-state index is 0.495. The lowest BCUT2D eigenvalue weighted by molar-refractivity contribution is 0.303. The van der Waals surface area contributed by atoms with E-state index in [1.807, 2.05) is 10.9 Å². The highest BCUT2D eigenvalue weighted by atomic mass is 15.3. The Labute approximate surface area is 97.2 Å². The van der Waals surface area contributed by atoms with E-state index in [9.17, 15) is 0 Å². The lowest BCUT2D eigenvalue weighted by Gasteiger charge is -2.29. The maximum Gasteiger partial charge on any atom is 0.0537 e. The SMILES string of the molecule is CCn1cc(C2CCC(CCN)CN2)cn1. The first-order valence-electron chi connectivity index (χ1n) is 6.29. The maximum atomic E-state index is 5.59.